The third-order valence-electron chi connectivity index (χ3n) is 5.38. The molecule has 0 fully saturated rings. The number of likely N-dealkylation sites (N-methyl/N-ethyl adjacent to an activating group) is 1. The Labute approximate surface area is 195 Å². The molecule has 0 saturated carbocycles. The highest BCUT2D eigenvalue weighted by Gasteiger charge is 2.21. The second-order valence-corrected chi connectivity index (χ2v) is 7.91. The summed E-state index contributed by atoms with van der Waals surface area (Å²) < 4.78 is 1.74. The lowest BCUT2D eigenvalue weighted by Gasteiger charge is -2.13. The van der Waals surface area contributed by atoms with Gasteiger partial charge < -0.3 is 21.8 Å². The molecule has 4 heterocycles. The maximum Gasteiger partial charge on any atom is 0.251 e. The molecular weight excluding hydrogens is 432 g/mol. The third-order valence-corrected chi connectivity index (χ3v) is 5.38. The van der Waals surface area contributed by atoms with Crippen LogP contribution in [0.4, 0.5) is 11.6 Å². The van der Waals surface area contributed by atoms with Crippen LogP contribution in [0.5, 0.6) is 0 Å². The van der Waals surface area contributed by atoms with Crippen LogP contribution in [0.3, 0.4) is 0 Å². The fourth-order valence-corrected chi connectivity index (χ4v) is 3.78. The van der Waals surface area contributed by atoms with Crippen molar-refractivity contribution in [3.8, 4) is 22.6 Å². The van der Waals surface area contributed by atoms with Crippen LogP contribution in [-0.2, 0) is 0 Å². The highest BCUT2D eigenvalue weighted by Crippen LogP contribution is 2.30. The first-order valence-electron chi connectivity index (χ1n) is 10.7. The van der Waals surface area contributed by atoms with E-state index in [1.165, 1.54) is 0 Å². The Morgan fingerprint density at radius 1 is 1.09 bits per heavy atom. The van der Waals surface area contributed by atoms with Crippen LogP contribution in [-0.4, -0.2) is 56.1 Å². The molecule has 0 aliphatic carbocycles. The smallest absolute Gasteiger partial charge is 0.251 e. The van der Waals surface area contributed by atoms with Crippen molar-refractivity contribution in [2.45, 2.75) is 6.92 Å². The summed E-state index contributed by atoms with van der Waals surface area (Å²) in [7, 11) is 3.56. The number of rotatable bonds is 5. The minimum atomic E-state index is -0.139. The molecule has 1 aliphatic rings. The first-order chi connectivity index (χ1) is 16.4. The molecule has 0 saturated heterocycles. The Bertz CT molecular complexity index is 1400. The highest BCUT2D eigenvalue weighted by molar-refractivity contribution is 5.94. The first-order valence-corrected chi connectivity index (χ1v) is 10.7. The highest BCUT2D eigenvalue weighted by atomic mass is 16.1. The molecule has 0 radical (unpaired) electrons. The number of hydrogen-bond donors (Lipinski definition) is 4. The molecule has 0 spiro atoms. The standard InChI is InChI=1S/C23H24N10O/c1-13-26-17(12-18(24)27-13)21-22(28-19-10-11-32(3)31-19)29-20-9-8-16(30-33(20)21)14-4-6-15(7-5-14)23(34)25-2/h4-10,12,28,31H,11H2,1-3H3,(H,25,34)(H2,24,26,27). The number of carbonyl (C=O) groups is 1. The number of nitrogens with zero attached hydrogens (tertiary/aromatic N) is 6. The molecule has 0 atom stereocenters. The topological polar surface area (TPSA) is 138 Å². The molecule has 1 amide bonds. The maximum absolute atomic E-state index is 11.9. The lowest BCUT2D eigenvalue weighted by atomic mass is 10.1. The average Bonchev–Trinajstić information content (AvgIpc) is 3.40. The van der Waals surface area contributed by atoms with Crippen molar-refractivity contribution in [2.75, 3.05) is 31.7 Å². The number of imidazole rings is 1. The molecule has 1 aliphatic heterocycles. The number of fused-ring (bicyclic) bond motifs is 1. The third kappa shape index (κ3) is 3.99. The molecule has 5 rings (SSSR count). The van der Waals surface area contributed by atoms with Crippen molar-refractivity contribution < 1.29 is 4.79 Å². The second-order valence-electron chi connectivity index (χ2n) is 7.91. The van der Waals surface area contributed by atoms with E-state index in [1.54, 1.807) is 36.7 Å². The number of nitrogens with one attached hydrogen (secondary N) is 3. The van der Waals surface area contributed by atoms with Crippen LogP contribution >= 0.6 is 0 Å². The van der Waals surface area contributed by atoms with Crippen molar-refractivity contribution in [3.63, 3.8) is 0 Å². The van der Waals surface area contributed by atoms with E-state index in [9.17, 15) is 4.79 Å². The van der Waals surface area contributed by atoms with E-state index in [-0.39, 0.29) is 5.91 Å². The normalized spacial score (nSPS) is 13.6. The molecule has 11 nitrogen and oxygen atoms in total. The maximum atomic E-state index is 11.9. The van der Waals surface area contributed by atoms with E-state index in [0.29, 0.717) is 40.1 Å². The van der Waals surface area contributed by atoms with E-state index in [1.807, 2.05) is 42.4 Å². The molecule has 11 heteroatoms. The quantitative estimate of drug-likeness (QED) is 0.354. The largest absolute Gasteiger partial charge is 0.384 e. The summed E-state index contributed by atoms with van der Waals surface area (Å²) in [5.41, 5.74) is 13.3. The van der Waals surface area contributed by atoms with Crippen LogP contribution in [0.1, 0.15) is 16.2 Å². The fraction of sp³-hybridized carbons (Fsp3) is 0.174. The molecule has 4 aromatic rings. The Morgan fingerprint density at radius 2 is 1.88 bits per heavy atom. The summed E-state index contributed by atoms with van der Waals surface area (Å²) >= 11 is 0. The van der Waals surface area contributed by atoms with Gasteiger partial charge in [0.25, 0.3) is 5.91 Å². The number of benzene rings is 1. The number of aryl methyl sites for hydroxylation is 1. The summed E-state index contributed by atoms with van der Waals surface area (Å²) in [6, 6.07) is 12.8. The predicted octanol–water partition coefficient (Wildman–Crippen LogP) is 1.81. The van der Waals surface area contributed by atoms with Crippen LogP contribution in [0.25, 0.3) is 28.3 Å². The Morgan fingerprint density at radius 3 is 2.56 bits per heavy atom. The average molecular weight is 457 g/mol. The van der Waals surface area contributed by atoms with Crippen molar-refractivity contribution in [1.29, 1.82) is 0 Å². The van der Waals surface area contributed by atoms with Gasteiger partial charge in [-0.3, -0.25) is 4.79 Å². The molecule has 0 bridgehead atoms. The number of nitrogens with two attached hydrogens (primary N) is 1. The monoisotopic (exact) mass is 456 g/mol. The van der Waals surface area contributed by atoms with Gasteiger partial charge in [0.2, 0.25) is 0 Å². The Balaban J connectivity index is 1.63. The van der Waals surface area contributed by atoms with E-state index in [0.717, 1.165) is 23.6 Å². The minimum Gasteiger partial charge on any atom is -0.384 e. The van der Waals surface area contributed by atoms with E-state index >= 15 is 0 Å². The van der Waals surface area contributed by atoms with E-state index in [2.05, 4.69) is 26.0 Å². The number of carbonyl (C=O) groups excluding carboxylic acids is 1. The Hall–Kier alpha value is -4.51. The number of aromatic nitrogens is 5. The lowest BCUT2D eigenvalue weighted by Crippen LogP contribution is -2.29. The predicted molar refractivity (Wildman–Crippen MR) is 129 cm³/mol. The van der Waals surface area contributed by atoms with Gasteiger partial charge in [-0.15, -0.1) is 0 Å². The minimum absolute atomic E-state index is 0.139. The molecule has 172 valence electrons. The Kier molecular flexibility index (Phi) is 5.30. The van der Waals surface area contributed by atoms with E-state index in [4.69, 9.17) is 15.8 Å². The van der Waals surface area contributed by atoms with Gasteiger partial charge in [0.05, 0.1) is 11.4 Å². The summed E-state index contributed by atoms with van der Waals surface area (Å²) in [4.78, 5) is 25.4. The number of hydrogen-bond acceptors (Lipinski definition) is 9. The number of nitrogen functional groups attached to an aromatic ring is 1. The molecule has 1 aromatic carbocycles. The van der Waals surface area contributed by atoms with Gasteiger partial charge in [-0.25, -0.2) is 24.5 Å². The van der Waals surface area contributed by atoms with Gasteiger partial charge in [-0.05, 0) is 37.3 Å². The van der Waals surface area contributed by atoms with Crippen LogP contribution < -0.4 is 21.8 Å². The fourth-order valence-electron chi connectivity index (χ4n) is 3.78. The molecule has 5 N–H and O–H groups in total. The molecular formula is C23H24N10O. The summed E-state index contributed by atoms with van der Waals surface area (Å²) in [6.07, 6.45) is 2.03. The van der Waals surface area contributed by atoms with Gasteiger partial charge in [0, 0.05) is 37.8 Å². The van der Waals surface area contributed by atoms with Gasteiger partial charge in [0.15, 0.2) is 11.5 Å². The van der Waals surface area contributed by atoms with Crippen molar-refractivity contribution in [2.24, 2.45) is 0 Å². The van der Waals surface area contributed by atoms with Crippen LogP contribution in [0, 0.1) is 6.92 Å². The number of anilines is 2. The van der Waals surface area contributed by atoms with Gasteiger partial charge in [-0.1, -0.05) is 12.1 Å². The zero-order valence-electron chi connectivity index (χ0n) is 19.0. The molecule has 3 aromatic heterocycles. The van der Waals surface area contributed by atoms with Crippen LogP contribution in [0.15, 0.2) is 54.4 Å². The van der Waals surface area contributed by atoms with Crippen molar-refractivity contribution in [1.82, 2.24) is 40.3 Å². The number of hydrazine groups is 1. The zero-order valence-corrected chi connectivity index (χ0v) is 19.0. The summed E-state index contributed by atoms with van der Waals surface area (Å²) in [6.45, 7) is 2.55. The van der Waals surface area contributed by atoms with E-state index < -0.39 is 0 Å². The zero-order chi connectivity index (χ0) is 23.8. The molecule has 0 unspecified atom stereocenters. The second kappa shape index (κ2) is 8.45. The molecule has 34 heavy (non-hydrogen) atoms. The van der Waals surface area contributed by atoms with Gasteiger partial charge in [-0.2, -0.15) is 5.10 Å². The first kappa shape index (κ1) is 21.3. The number of amides is 1. The van der Waals surface area contributed by atoms with Crippen molar-refractivity contribution in [3.05, 3.63) is 65.7 Å². The summed E-state index contributed by atoms with van der Waals surface area (Å²) in [5, 5.41) is 12.8. The summed E-state index contributed by atoms with van der Waals surface area (Å²) in [5.74, 6) is 2.18. The van der Waals surface area contributed by atoms with Crippen LogP contribution in [0.2, 0.25) is 0 Å². The van der Waals surface area contributed by atoms with Crippen molar-refractivity contribution >= 4 is 23.2 Å². The van der Waals surface area contributed by atoms with Gasteiger partial charge >= 0.3 is 0 Å². The SMILES string of the molecule is CNC(=O)c1ccc(-c2ccc3nc(NC4=CCN(C)N4)c(-c4cc(N)nc(C)n4)n3n2)cc1. The lowest BCUT2D eigenvalue weighted by molar-refractivity contribution is 0.0963. The van der Waals surface area contributed by atoms with Gasteiger partial charge in [0.1, 0.15) is 23.2 Å².